The van der Waals surface area contributed by atoms with Crippen molar-refractivity contribution in [2.24, 2.45) is 5.92 Å². The number of carbonyl (C=O) groups is 1. The van der Waals surface area contributed by atoms with Crippen molar-refractivity contribution in [1.29, 1.82) is 0 Å². The van der Waals surface area contributed by atoms with Crippen LogP contribution < -0.4 is 10.6 Å². The van der Waals surface area contributed by atoms with E-state index in [1.165, 1.54) is 31.2 Å². The van der Waals surface area contributed by atoms with Crippen molar-refractivity contribution in [3.63, 3.8) is 0 Å². The van der Waals surface area contributed by atoms with Crippen molar-refractivity contribution in [2.45, 2.75) is 44.1 Å². The zero-order valence-electron chi connectivity index (χ0n) is 12.3. The van der Waals surface area contributed by atoms with E-state index in [0.29, 0.717) is 18.5 Å². The lowest BCUT2D eigenvalue weighted by molar-refractivity contribution is -0.116. The summed E-state index contributed by atoms with van der Waals surface area (Å²) in [7, 11) is 0. The number of hydrogen-bond acceptors (Lipinski definition) is 2. The van der Waals surface area contributed by atoms with Crippen LogP contribution in [0.25, 0.3) is 0 Å². The standard InChI is InChI=1S/C18H22N2O/c21-18-17-14(12-6-2-1-3-7-12)10-13-8-4-5-9-15(13)20-16(17)11-19-18/h1-3,6-7,13-15,20H,4-5,8-11H2,(H,19,21). The Kier molecular flexibility index (Phi) is 3.21. The van der Waals surface area contributed by atoms with E-state index in [0.717, 1.165) is 17.7 Å². The first-order valence-corrected chi connectivity index (χ1v) is 8.15. The van der Waals surface area contributed by atoms with Crippen LogP contribution in [0.4, 0.5) is 0 Å². The number of carbonyl (C=O) groups excluding carboxylic acids is 1. The van der Waals surface area contributed by atoms with Crippen molar-refractivity contribution in [3.8, 4) is 0 Å². The van der Waals surface area contributed by atoms with Gasteiger partial charge in [-0.1, -0.05) is 43.2 Å². The largest absolute Gasteiger partial charge is 0.383 e. The highest BCUT2D eigenvalue weighted by molar-refractivity contribution is 5.98. The molecule has 0 aromatic heterocycles. The number of nitrogens with one attached hydrogen (secondary N) is 2. The molecule has 1 saturated carbocycles. The molecular formula is C18H22N2O. The summed E-state index contributed by atoms with van der Waals surface area (Å²) in [5.41, 5.74) is 3.44. The van der Waals surface area contributed by atoms with Crippen LogP contribution >= 0.6 is 0 Å². The molecule has 110 valence electrons. The van der Waals surface area contributed by atoms with Crippen LogP contribution in [0.2, 0.25) is 0 Å². The van der Waals surface area contributed by atoms with Gasteiger partial charge in [-0.25, -0.2) is 0 Å². The number of fused-ring (bicyclic) bond motifs is 1. The molecule has 0 bridgehead atoms. The second-order valence-corrected chi connectivity index (χ2v) is 6.57. The van der Waals surface area contributed by atoms with E-state index in [1.54, 1.807) is 0 Å². The monoisotopic (exact) mass is 282 g/mol. The van der Waals surface area contributed by atoms with E-state index in [9.17, 15) is 4.79 Å². The van der Waals surface area contributed by atoms with Crippen molar-refractivity contribution in [1.82, 2.24) is 10.6 Å². The van der Waals surface area contributed by atoms with Gasteiger partial charge in [-0.2, -0.15) is 0 Å². The molecule has 3 unspecified atom stereocenters. The van der Waals surface area contributed by atoms with E-state index in [4.69, 9.17) is 0 Å². The summed E-state index contributed by atoms with van der Waals surface area (Å²) < 4.78 is 0. The molecule has 3 aliphatic rings. The van der Waals surface area contributed by atoms with E-state index < -0.39 is 0 Å². The van der Waals surface area contributed by atoms with Crippen molar-refractivity contribution >= 4 is 5.91 Å². The van der Waals surface area contributed by atoms with Crippen LogP contribution in [0.15, 0.2) is 41.6 Å². The summed E-state index contributed by atoms with van der Waals surface area (Å²) in [5.74, 6) is 1.08. The second kappa shape index (κ2) is 5.21. The van der Waals surface area contributed by atoms with Gasteiger partial charge >= 0.3 is 0 Å². The Bertz CT molecular complexity index is 578. The summed E-state index contributed by atoms with van der Waals surface area (Å²) in [4.78, 5) is 12.3. The molecular weight excluding hydrogens is 260 g/mol. The zero-order chi connectivity index (χ0) is 14.2. The molecule has 1 fully saturated rings. The fourth-order valence-electron chi connectivity index (χ4n) is 4.31. The summed E-state index contributed by atoms with van der Waals surface area (Å²) in [5, 5.41) is 6.72. The minimum atomic E-state index is 0.130. The minimum Gasteiger partial charge on any atom is -0.383 e. The first-order valence-electron chi connectivity index (χ1n) is 8.15. The number of rotatable bonds is 1. The molecule has 2 N–H and O–H groups in total. The summed E-state index contributed by atoms with van der Waals surface area (Å²) in [6.07, 6.45) is 6.30. The third-order valence-corrected chi connectivity index (χ3v) is 5.35. The topological polar surface area (TPSA) is 41.1 Å². The van der Waals surface area contributed by atoms with Gasteiger partial charge in [0.15, 0.2) is 0 Å². The quantitative estimate of drug-likeness (QED) is 0.831. The Hall–Kier alpha value is -1.77. The van der Waals surface area contributed by atoms with E-state index in [2.05, 4.69) is 34.9 Å². The lowest BCUT2D eigenvalue weighted by Crippen LogP contribution is -2.38. The summed E-state index contributed by atoms with van der Waals surface area (Å²) in [6, 6.07) is 11.1. The molecule has 1 aliphatic carbocycles. The second-order valence-electron chi connectivity index (χ2n) is 6.57. The van der Waals surface area contributed by atoms with Gasteiger partial charge < -0.3 is 10.6 Å². The Morgan fingerprint density at radius 2 is 1.86 bits per heavy atom. The van der Waals surface area contributed by atoms with Gasteiger partial charge in [0.1, 0.15) is 0 Å². The van der Waals surface area contributed by atoms with Crippen molar-refractivity contribution in [3.05, 3.63) is 47.2 Å². The molecule has 3 atom stereocenters. The van der Waals surface area contributed by atoms with E-state index >= 15 is 0 Å². The third kappa shape index (κ3) is 2.25. The van der Waals surface area contributed by atoms with Gasteiger partial charge in [-0.3, -0.25) is 4.79 Å². The maximum absolute atomic E-state index is 12.3. The first kappa shape index (κ1) is 12.9. The van der Waals surface area contributed by atoms with Crippen LogP contribution in [0, 0.1) is 5.92 Å². The first-order chi connectivity index (χ1) is 10.3. The summed E-state index contributed by atoms with van der Waals surface area (Å²) in [6.45, 7) is 0.681. The molecule has 1 aromatic carbocycles. The maximum atomic E-state index is 12.3. The van der Waals surface area contributed by atoms with Gasteiger partial charge in [0, 0.05) is 23.2 Å². The lowest BCUT2D eigenvalue weighted by atomic mass is 9.76. The lowest BCUT2D eigenvalue weighted by Gasteiger charge is -2.33. The van der Waals surface area contributed by atoms with Gasteiger partial charge in [-0.05, 0) is 30.7 Å². The van der Waals surface area contributed by atoms with E-state index in [1.807, 2.05) is 6.07 Å². The third-order valence-electron chi connectivity index (χ3n) is 5.35. The van der Waals surface area contributed by atoms with Crippen LogP contribution in [0.5, 0.6) is 0 Å². The molecule has 1 amide bonds. The molecule has 21 heavy (non-hydrogen) atoms. The predicted molar refractivity (Wildman–Crippen MR) is 82.7 cm³/mol. The molecule has 3 heteroatoms. The smallest absolute Gasteiger partial charge is 0.249 e. The Morgan fingerprint density at radius 3 is 2.71 bits per heavy atom. The van der Waals surface area contributed by atoms with Gasteiger partial charge in [0.2, 0.25) is 5.91 Å². The molecule has 1 aromatic rings. The maximum Gasteiger partial charge on any atom is 0.249 e. The zero-order valence-corrected chi connectivity index (χ0v) is 12.3. The van der Waals surface area contributed by atoms with Crippen LogP contribution in [-0.2, 0) is 4.79 Å². The SMILES string of the molecule is O=C1NCC2=C1C(c1ccccc1)CC1CCCCC1N2. The van der Waals surface area contributed by atoms with Crippen molar-refractivity contribution in [2.75, 3.05) is 6.54 Å². The predicted octanol–water partition coefficient (Wildman–Crippen LogP) is 2.71. The number of benzene rings is 1. The molecule has 0 saturated heterocycles. The van der Waals surface area contributed by atoms with E-state index in [-0.39, 0.29) is 11.8 Å². The van der Waals surface area contributed by atoms with Gasteiger partial charge in [0.25, 0.3) is 0 Å². The highest BCUT2D eigenvalue weighted by Gasteiger charge is 2.39. The molecule has 3 nitrogen and oxygen atoms in total. The average molecular weight is 282 g/mol. The van der Waals surface area contributed by atoms with Crippen LogP contribution in [-0.4, -0.2) is 18.5 Å². The molecule has 0 spiro atoms. The average Bonchev–Trinajstić information content (AvgIpc) is 2.80. The van der Waals surface area contributed by atoms with Gasteiger partial charge in [0.05, 0.1) is 6.54 Å². The number of hydrogen-bond donors (Lipinski definition) is 2. The summed E-state index contributed by atoms with van der Waals surface area (Å²) >= 11 is 0. The Morgan fingerprint density at radius 1 is 1.05 bits per heavy atom. The Labute approximate surface area is 125 Å². The van der Waals surface area contributed by atoms with Crippen molar-refractivity contribution < 1.29 is 4.79 Å². The molecule has 0 radical (unpaired) electrons. The van der Waals surface area contributed by atoms with Gasteiger partial charge in [-0.15, -0.1) is 0 Å². The highest BCUT2D eigenvalue weighted by Crippen LogP contribution is 2.41. The normalized spacial score (nSPS) is 31.8. The minimum absolute atomic E-state index is 0.130. The van der Waals surface area contributed by atoms with Crippen LogP contribution in [0.3, 0.4) is 0 Å². The fourth-order valence-corrected chi connectivity index (χ4v) is 4.31. The Balaban J connectivity index is 1.75. The van der Waals surface area contributed by atoms with Crippen LogP contribution in [0.1, 0.15) is 43.6 Å². The highest BCUT2D eigenvalue weighted by atomic mass is 16.2. The molecule has 4 rings (SSSR count). The molecule has 2 heterocycles. The molecule has 2 aliphatic heterocycles. The number of amides is 1. The fraction of sp³-hybridized carbons (Fsp3) is 0.500.